The molecule has 0 spiro atoms. The number of hydrogen-bond donors (Lipinski definition) is 5. The molecule has 10 nitrogen and oxygen atoms in total. The van der Waals surface area contributed by atoms with Gasteiger partial charge < -0.3 is 26.2 Å². The van der Waals surface area contributed by atoms with Crippen molar-refractivity contribution in [3.63, 3.8) is 0 Å². The number of nitrogens with zero attached hydrogens (tertiary/aromatic N) is 1. The SMILES string of the molecule is O=C(O)Cc1cccc(CC(=O)O)n1.[NH-]CC(O)CO.[O]=[V][OH]. The monoisotopic (exact) mass is 369 g/mol. The van der Waals surface area contributed by atoms with Crippen molar-refractivity contribution >= 4 is 11.9 Å². The van der Waals surface area contributed by atoms with Crippen molar-refractivity contribution in [2.24, 2.45) is 0 Å². The summed E-state index contributed by atoms with van der Waals surface area (Å²) >= 11 is -1.56. The minimum atomic E-state index is -1.56. The van der Waals surface area contributed by atoms with Crippen molar-refractivity contribution in [2.75, 3.05) is 13.2 Å². The third kappa shape index (κ3) is 16.5. The van der Waals surface area contributed by atoms with Gasteiger partial charge in [-0.1, -0.05) is 6.07 Å². The first-order valence-corrected chi connectivity index (χ1v) is 7.28. The predicted molar refractivity (Wildman–Crippen MR) is 72.1 cm³/mol. The summed E-state index contributed by atoms with van der Waals surface area (Å²) in [6.07, 6.45) is -1.22. The second-order valence-electron chi connectivity index (χ2n) is 3.88. The van der Waals surface area contributed by atoms with Crippen LogP contribution in [0.4, 0.5) is 0 Å². The van der Waals surface area contributed by atoms with Crippen LogP contribution in [0.2, 0.25) is 0 Å². The van der Waals surface area contributed by atoms with Gasteiger partial charge in [0.2, 0.25) is 0 Å². The Labute approximate surface area is 139 Å². The van der Waals surface area contributed by atoms with Crippen molar-refractivity contribution in [2.45, 2.75) is 18.9 Å². The fraction of sp³-hybridized carbons (Fsp3) is 0.417. The van der Waals surface area contributed by atoms with E-state index in [1.807, 2.05) is 0 Å². The molecule has 1 rings (SSSR count). The van der Waals surface area contributed by atoms with Crippen LogP contribution < -0.4 is 0 Å². The van der Waals surface area contributed by atoms with Crippen LogP contribution in [0.3, 0.4) is 0 Å². The Bertz CT molecular complexity index is 451. The number of aliphatic hydroxyl groups is 2. The molecule has 0 saturated carbocycles. The van der Waals surface area contributed by atoms with E-state index < -0.39 is 34.6 Å². The van der Waals surface area contributed by atoms with Crippen LogP contribution in [0, 0.1) is 0 Å². The number of hydrogen-bond acceptors (Lipinski definition) is 6. The van der Waals surface area contributed by atoms with E-state index in [0.29, 0.717) is 11.4 Å². The molecule has 1 aromatic heterocycles. The van der Waals surface area contributed by atoms with Crippen LogP contribution >= 0.6 is 0 Å². The van der Waals surface area contributed by atoms with Crippen LogP contribution in [-0.2, 0) is 42.7 Å². The number of pyridine rings is 1. The summed E-state index contributed by atoms with van der Waals surface area (Å²) in [6, 6.07) is 4.71. The molecule has 1 atom stereocenters. The number of nitrogens with one attached hydrogen (secondary N) is 1. The summed E-state index contributed by atoms with van der Waals surface area (Å²) in [4.78, 5) is 24.6. The average molecular weight is 369 g/mol. The molecule has 0 aromatic carbocycles. The van der Waals surface area contributed by atoms with Gasteiger partial charge in [0, 0.05) is 0 Å². The van der Waals surface area contributed by atoms with Crippen molar-refractivity contribution in [3.05, 3.63) is 35.3 Å². The Hall–Kier alpha value is -1.69. The summed E-state index contributed by atoms with van der Waals surface area (Å²) in [7, 11) is 0. The van der Waals surface area contributed by atoms with Crippen LogP contribution in [0.25, 0.3) is 5.73 Å². The second-order valence-corrected chi connectivity index (χ2v) is 4.14. The summed E-state index contributed by atoms with van der Waals surface area (Å²) < 4.78 is 15.7. The van der Waals surface area contributed by atoms with Gasteiger partial charge in [0.1, 0.15) is 0 Å². The van der Waals surface area contributed by atoms with Gasteiger partial charge in [-0.15, -0.1) is 6.54 Å². The number of aliphatic hydroxyl groups excluding tert-OH is 2. The van der Waals surface area contributed by atoms with E-state index in [0.717, 1.165) is 0 Å². The zero-order chi connectivity index (χ0) is 18.3. The summed E-state index contributed by atoms with van der Waals surface area (Å²) in [6.45, 7) is -0.417. The van der Waals surface area contributed by atoms with Crippen molar-refractivity contribution < 1.29 is 54.3 Å². The molecule has 0 amide bonds. The van der Waals surface area contributed by atoms with Gasteiger partial charge in [-0.05, 0) is 12.1 Å². The Balaban J connectivity index is 0. The normalized spacial score (nSPS) is 10.3. The molecule has 0 aliphatic rings. The first-order valence-electron chi connectivity index (χ1n) is 6.09. The summed E-state index contributed by atoms with van der Waals surface area (Å²) in [5.74, 6) is -1.96. The molecule has 130 valence electrons. The number of carboxylic acids is 2. The molecule has 0 fully saturated rings. The molecule has 0 aliphatic carbocycles. The van der Waals surface area contributed by atoms with Crippen LogP contribution in [0.15, 0.2) is 18.2 Å². The van der Waals surface area contributed by atoms with E-state index in [4.69, 9.17) is 33.9 Å². The topological polar surface area (TPSA) is 189 Å². The van der Waals surface area contributed by atoms with E-state index in [-0.39, 0.29) is 26.0 Å². The first kappa shape index (κ1) is 23.6. The Kier molecular flexibility index (Phi) is 15.6. The second kappa shape index (κ2) is 15.2. The van der Waals surface area contributed by atoms with E-state index in [1.54, 1.807) is 18.2 Å². The molecule has 0 bridgehead atoms. The van der Waals surface area contributed by atoms with E-state index in [2.05, 4.69) is 4.98 Å². The fourth-order valence-corrected chi connectivity index (χ4v) is 1.10. The van der Waals surface area contributed by atoms with Crippen molar-refractivity contribution in [1.82, 2.24) is 4.98 Å². The zero-order valence-corrected chi connectivity index (χ0v) is 13.4. The van der Waals surface area contributed by atoms with Gasteiger partial charge in [0.25, 0.3) is 0 Å². The summed E-state index contributed by atoms with van der Waals surface area (Å²) in [5.41, 5.74) is 7.14. The molecule has 1 heterocycles. The Morgan fingerprint density at radius 2 is 1.57 bits per heavy atom. The standard InChI is InChI=1S/C9H9NO4.C3H8NO2.H2O.O.V/c11-8(12)4-6-2-1-3-7(10-6)5-9(13)14;4-1-3(6)2-5;;;/h1-3H,4-5H2,(H,11,12)(H,13,14);3-6H,1-2H2;1H2;;/q;-1;;;+1/p-1. The van der Waals surface area contributed by atoms with Crippen LogP contribution in [0.5, 0.6) is 0 Å². The molecule has 1 unspecified atom stereocenters. The van der Waals surface area contributed by atoms with Gasteiger partial charge in [-0.3, -0.25) is 14.6 Å². The first-order chi connectivity index (χ1) is 10.8. The summed E-state index contributed by atoms with van der Waals surface area (Å²) in [5, 5.41) is 33.2. The molecule has 23 heavy (non-hydrogen) atoms. The van der Waals surface area contributed by atoms with Crippen molar-refractivity contribution in [3.8, 4) is 0 Å². The van der Waals surface area contributed by atoms with Gasteiger partial charge in [-0.25, -0.2) is 0 Å². The Morgan fingerprint density at radius 1 is 1.17 bits per heavy atom. The van der Waals surface area contributed by atoms with Gasteiger partial charge in [0.15, 0.2) is 0 Å². The predicted octanol–water partition coefficient (Wildman–Crippen LogP) is -0.951. The minimum absolute atomic E-state index is 0.115. The third-order valence-corrected chi connectivity index (χ3v) is 1.98. The molecule has 0 saturated heterocycles. The number of carbonyl (C=O) groups is 2. The molecular formula is C12H18N2O8V-. The molecule has 0 aliphatic heterocycles. The third-order valence-electron chi connectivity index (χ3n) is 1.98. The van der Waals surface area contributed by atoms with Crippen LogP contribution in [0.1, 0.15) is 11.4 Å². The molecule has 1 aromatic rings. The molecule has 6 N–H and O–H groups in total. The molecule has 11 heteroatoms. The zero-order valence-electron chi connectivity index (χ0n) is 12.0. The molecular weight excluding hydrogens is 351 g/mol. The fourth-order valence-electron chi connectivity index (χ4n) is 1.10. The quantitative estimate of drug-likeness (QED) is 0.421. The van der Waals surface area contributed by atoms with E-state index in [9.17, 15) is 9.59 Å². The van der Waals surface area contributed by atoms with Gasteiger partial charge >= 0.3 is 36.2 Å². The average Bonchev–Trinajstić information content (AvgIpc) is 2.47. The number of carboxylic acid groups (broad SMARTS) is 2. The van der Waals surface area contributed by atoms with E-state index >= 15 is 0 Å². The number of aliphatic carboxylic acids is 2. The van der Waals surface area contributed by atoms with Gasteiger partial charge in [-0.2, -0.15) is 0 Å². The number of aromatic nitrogens is 1. The maximum absolute atomic E-state index is 10.3. The molecule has 0 radical (unpaired) electrons. The van der Waals surface area contributed by atoms with E-state index in [1.165, 1.54) is 0 Å². The van der Waals surface area contributed by atoms with Crippen molar-refractivity contribution in [1.29, 1.82) is 0 Å². The Morgan fingerprint density at radius 3 is 1.78 bits per heavy atom. The van der Waals surface area contributed by atoms with Gasteiger partial charge in [0.05, 0.1) is 36.9 Å². The maximum atomic E-state index is 10.3. The van der Waals surface area contributed by atoms with Crippen LogP contribution in [-0.4, -0.2) is 60.6 Å². The number of rotatable bonds is 6.